The lowest BCUT2D eigenvalue weighted by atomic mass is 10.1. The van der Waals surface area contributed by atoms with Crippen molar-refractivity contribution < 1.29 is 4.74 Å². The highest BCUT2D eigenvalue weighted by molar-refractivity contribution is 7.18. The van der Waals surface area contributed by atoms with Gasteiger partial charge in [-0.1, -0.05) is 11.3 Å². The fourth-order valence-corrected chi connectivity index (χ4v) is 4.07. The molecule has 112 valence electrons. The number of hydrogen-bond acceptors (Lipinski definition) is 6. The number of nitrogens with one attached hydrogen (secondary N) is 2. The summed E-state index contributed by atoms with van der Waals surface area (Å²) in [6.45, 7) is 1.63. The Hall–Kier alpha value is -1.31. The van der Waals surface area contributed by atoms with Crippen LogP contribution in [0.25, 0.3) is 10.3 Å². The minimum atomic E-state index is -0.127. The molecule has 1 aliphatic heterocycles. The molecule has 3 heterocycles. The number of thiazole rings is 1. The molecule has 0 aromatic carbocycles. The predicted octanol–water partition coefficient (Wildman–Crippen LogP) is 1.48. The van der Waals surface area contributed by atoms with Gasteiger partial charge in [0.15, 0.2) is 10.3 Å². The highest BCUT2D eigenvalue weighted by atomic mass is 32.1. The summed E-state index contributed by atoms with van der Waals surface area (Å²) in [4.78, 5) is 25.1. The van der Waals surface area contributed by atoms with Crippen molar-refractivity contribution in [3.8, 4) is 0 Å². The summed E-state index contributed by atoms with van der Waals surface area (Å²) < 4.78 is 5.28. The first kappa shape index (κ1) is 13.4. The van der Waals surface area contributed by atoms with Crippen LogP contribution in [0, 0.1) is 0 Å². The number of methoxy groups -OCH3 is 1. The summed E-state index contributed by atoms with van der Waals surface area (Å²) in [5.74, 6) is 0.761. The molecule has 7 heteroatoms. The summed E-state index contributed by atoms with van der Waals surface area (Å²) in [6.07, 6.45) is 4.28. The van der Waals surface area contributed by atoms with Crippen LogP contribution in [0.4, 0.5) is 0 Å². The third kappa shape index (κ3) is 2.20. The minimum absolute atomic E-state index is 0.0855. The normalized spacial score (nSPS) is 23.8. The Morgan fingerprint density at radius 2 is 2.29 bits per heavy atom. The van der Waals surface area contributed by atoms with Gasteiger partial charge in [-0.25, -0.2) is 9.97 Å². The van der Waals surface area contributed by atoms with E-state index in [1.807, 2.05) is 0 Å². The van der Waals surface area contributed by atoms with Crippen molar-refractivity contribution in [3.05, 3.63) is 21.2 Å². The van der Waals surface area contributed by atoms with Crippen LogP contribution in [-0.2, 0) is 10.2 Å². The number of ether oxygens (including phenoxy) is 1. The van der Waals surface area contributed by atoms with Crippen molar-refractivity contribution in [2.24, 2.45) is 0 Å². The number of rotatable bonds is 4. The Kier molecular flexibility index (Phi) is 3.09. The van der Waals surface area contributed by atoms with Crippen molar-refractivity contribution in [2.75, 3.05) is 20.3 Å². The van der Waals surface area contributed by atoms with Gasteiger partial charge >= 0.3 is 0 Å². The summed E-state index contributed by atoms with van der Waals surface area (Å²) in [7, 11) is 1.69. The van der Waals surface area contributed by atoms with Gasteiger partial charge in [0.05, 0.1) is 18.1 Å². The first-order valence-electron chi connectivity index (χ1n) is 7.35. The highest BCUT2D eigenvalue weighted by Crippen LogP contribution is 2.46. The van der Waals surface area contributed by atoms with E-state index in [4.69, 9.17) is 4.74 Å². The zero-order chi connectivity index (χ0) is 14.4. The fourth-order valence-electron chi connectivity index (χ4n) is 3.02. The topological polar surface area (TPSA) is 79.9 Å². The Morgan fingerprint density at radius 1 is 1.43 bits per heavy atom. The van der Waals surface area contributed by atoms with E-state index < -0.39 is 0 Å². The number of hydrogen-bond donors (Lipinski definition) is 2. The van der Waals surface area contributed by atoms with Crippen LogP contribution in [0.3, 0.4) is 0 Å². The molecule has 2 aliphatic rings. The molecule has 4 rings (SSSR count). The Labute approximate surface area is 126 Å². The molecule has 21 heavy (non-hydrogen) atoms. The predicted molar refractivity (Wildman–Crippen MR) is 80.8 cm³/mol. The standard InChI is InChI=1S/C14H18N4O2S/c1-20-7-14(4-5-14)13-17-10(19)9-12(18-13)21-11(16-9)8-3-2-6-15-8/h8,15H,2-7H2,1H3,(H,17,18,19)/t8-/m1/s1. The number of aromatic nitrogens is 3. The molecule has 0 radical (unpaired) electrons. The molecular formula is C14H18N4O2S. The van der Waals surface area contributed by atoms with Crippen molar-refractivity contribution in [3.63, 3.8) is 0 Å². The van der Waals surface area contributed by atoms with Crippen molar-refractivity contribution in [1.29, 1.82) is 0 Å². The van der Waals surface area contributed by atoms with E-state index >= 15 is 0 Å². The van der Waals surface area contributed by atoms with Gasteiger partial charge in [-0.2, -0.15) is 0 Å². The van der Waals surface area contributed by atoms with Gasteiger partial charge in [-0.05, 0) is 32.2 Å². The van der Waals surface area contributed by atoms with Gasteiger partial charge in [0, 0.05) is 7.11 Å². The number of fused-ring (bicyclic) bond motifs is 1. The van der Waals surface area contributed by atoms with Crippen molar-refractivity contribution in [2.45, 2.75) is 37.1 Å². The lowest BCUT2D eigenvalue weighted by Crippen LogP contribution is -2.22. The zero-order valence-electron chi connectivity index (χ0n) is 11.9. The molecule has 0 unspecified atom stereocenters. The zero-order valence-corrected chi connectivity index (χ0v) is 12.8. The first-order valence-corrected chi connectivity index (χ1v) is 8.17. The van der Waals surface area contributed by atoms with Crippen LogP contribution >= 0.6 is 11.3 Å². The van der Waals surface area contributed by atoms with Gasteiger partial charge in [0.1, 0.15) is 10.8 Å². The van der Waals surface area contributed by atoms with Crippen LogP contribution in [0.5, 0.6) is 0 Å². The molecule has 1 aliphatic carbocycles. The third-order valence-electron chi connectivity index (χ3n) is 4.42. The van der Waals surface area contributed by atoms with Gasteiger partial charge in [-0.3, -0.25) is 4.79 Å². The maximum Gasteiger partial charge on any atom is 0.278 e. The second-order valence-electron chi connectivity index (χ2n) is 5.98. The summed E-state index contributed by atoms with van der Waals surface area (Å²) >= 11 is 1.54. The molecule has 2 aromatic heterocycles. The molecular weight excluding hydrogens is 288 g/mol. The second kappa shape index (κ2) is 4.86. The molecule has 0 amide bonds. The molecule has 1 saturated heterocycles. The number of nitrogens with zero attached hydrogens (tertiary/aromatic N) is 2. The van der Waals surface area contributed by atoms with Crippen LogP contribution < -0.4 is 10.9 Å². The molecule has 0 bridgehead atoms. The summed E-state index contributed by atoms with van der Waals surface area (Å²) in [5.41, 5.74) is 0.260. The Morgan fingerprint density at radius 3 is 2.95 bits per heavy atom. The lowest BCUT2D eigenvalue weighted by Gasteiger charge is -2.12. The van der Waals surface area contributed by atoms with Gasteiger partial charge in [0.2, 0.25) is 0 Å². The third-order valence-corrected chi connectivity index (χ3v) is 5.48. The maximum atomic E-state index is 12.3. The van der Waals surface area contributed by atoms with E-state index in [0.717, 1.165) is 47.9 Å². The van der Waals surface area contributed by atoms with Gasteiger partial charge in [-0.15, -0.1) is 0 Å². The average Bonchev–Trinajstić information content (AvgIpc) is 2.93. The summed E-state index contributed by atoms with van der Waals surface area (Å²) in [5, 5.41) is 4.40. The van der Waals surface area contributed by atoms with Gasteiger partial charge < -0.3 is 15.0 Å². The second-order valence-corrected chi connectivity index (χ2v) is 6.99. The largest absolute Gasteiger partial charge is 0.384 e. The van der Waals surface area contributed by atoms with Gasteiger partial charge in [0.25, 0.3) is 5.56 Å². The SMILES string of the molecule is COCC1(c2nc3sc([C@H]4CCCN4)nc3c(=O)[nH]2)CC1. The maximum absolute atomic E-state index is 12.3. The molecule has 2 fully saturated rings. The van der Waals surface area contributed by atoms with E-state index in [1.165, 1.54) is 11.3 Å². The van der Waals surface area contributed by atoms with E-state index in [2.05, 4.69) is 20.3 Å². The molecule has 2 aromatic rings. The van der Waals surface area contributed by atoms with E-state index in [-0.39, 0.29) is 17.0 Å². The van der Waals surface area contributed by atoms with Crippen molar-refractivity contribution >= 4 is 21.7 Å². The molecule has 2 N–H and O–H groups in total. The molecule has 0 spiro atoms. The van der Waals surface area contributed by atoms with Crippen LogP contribution in [0.2, 0.25) is 0 Å². The molecule has 1 atom stereocenters. The number of aromatic amines is 1. The Balaban J connectivity index is 1.77. The van der Waals surface area contributed by atoms with E-state index in [1.54, 1.807) is 7.11 Å². The average molecular weight is 306 g/mol. The van der Waals surface area contributed by atoms with Crippen LogP contribution in [0.1, 0.15) is 42.6 Å². The Bertz CT molecular complexity index is 728. The summed E-state index contributed by atoms with van der Waals surface area (Å²) in [6, 6.07) is 0.279. The molecule has 1 saturated carbocycles. The van der Waals surface area contributed by atoms with E-state index in [9.17, 15) is 4.79 Å². The molecule has 6 nitrogen and oxygen atoms in total. The lowest BCUT2D eigenvalue weighted by molar-refractivity contribution is 0.168. The fraction of sp³-hybridized carbons (Fsp3) is 0.643. The van der Waals surface area contributed by atoms with E-state index in [0.29, 0.717) is 12.1 Å². The van der Waals surface area contributed by atoms with Crippen LogP contribution in [0.15, 0.2) is 4.79 Å². The minimum Gasteiger partial charge on any atom is -0.384 e. The monoisotopic (exact) mass is 306 g/mol. The smallest absolute Gasteiger partial charge is 0.278 e. The van der Waals surface area contributed by atoms with Crippen LogP contribution in [-0.4, -0.2) is 35.2 Å². The number of H-pyrrole nitrogens is 1. The first-order chi connectivity index (χ1) is 10.2. The highest BCUT2D eigenvalue weighted by Gasteiger charge is 2.47. The quantitative estimate of drug-likeness (QED) is 0.894. The van der Waals surface area contributed by atoms with Crippen molar-refractivity contribution in [1.82, 2.24) is 20.3 Å².